The van der Waals surface area contributed by atoms with Gasteiger partial charge in [0.15, 0.2) is 0 Å². The Morgan fingerprint density at radius 1 is 0.370 bits per heavy atom. The lowest BCUT2D eigenvalue weighted by Gasteiger charge is -2.20. The third kappa shape index (κ3) is 59.4. The molecule has 0 heterocycles. The Morgan fingerprint density at radius 3 is 0.973 bits per heavy atom. The lowest BCUT2D eigenvalue weighted by Crippen LogP contribution is -2.45. The molecule has 3 N–H and O–H groups in total. The molecule has 0 aromatic rings. The zero-order valence-electron chi connectivity index (χ0n) is 49.4. The normalized spacial score (nSPS) is 12.7. The van der Waals surface area contributed by atoms with E-state index in [1.807, 2.05) is 6.08 Å². The number of allylic oxidation sites excluding steroid dienone is 3. The van der Waals surface area contributed by atoms with Crippen LogP contribution < -0.4 is 5.32 Å². The highest BCUT2D eigenvalue weighted by Gasteiger charge is 2.18. The second-order valence-electron chi connectivity index (χ2n) is 22.8. The molecule has 0 saturated heterocycles. The molecule has 0 aliphatic heterocycles. The minimum atomic E-state index is -0.843. The summed E-state index contributed by atoms with van der Waals surface area (Å²) in [5.41, 5.74) is 0. The predicted molar refractivity (Wildman–Crippen MR) is 320 cm³/mol. The van der Waals surface area contributed by atoms with E-state index in [4.69, 9.17) is 4.74 Å². The van der Waals surface area contributed by atoms with Crippen LogP contribution in [0.2, 0.25) is 0 Å². The van der Waals surface area contributed by atoms with E-state index < -0.39 is 12.1 Å². The minimum Gasteiger partial charge on any atom is -0.466 e. The van der Waals surface area contributed by atoms with Crippen molar-refractivity contribution in [1.82, 2.24) is 5.32 Å². The zero-order chi connectivity index (χ0) is 52.9. The number of aliphatic hydroxyl groups is 2. The van der Waals surface area contributed by atoms with Gasteiger partial charge >= 0.3 is 5.97 Å². The van der Waals surface area contributed by atoms with Crippen molar-refractivity contribution in [2.24, 2.45) is 0 Å². The van der Waals surface area contributed by atoms with Crippen LogP contribution in [0.1, 0.15) is 367 Å². The topological polar surface area (TPSA) is 95.9 Å². The van der Waals surface area contributed by atoms with Crippen LogP contribution in [0.15, 0.2) is 24.3 Å². The molecule has 0 fully saturated rings. The van der Waals surface area contributed by atoms with Gasteiger partial charge in [0.25, 0.3) is 0 Å². The first-order valence-electron chi connectivity index (χ1n) is 33.1. The number of ether oxygens (including phenoxy) is 1. The van der Waals surface area contributed by atoms with Gasteiger partial charge in [0, 0.05) is 12.8 Å². The maximum absolute atomic E-state index is 12.5. The van der Waals surface area contributed by atoms with Gasteiger partial charge in [0.1, 0.15) is 0 Å². The van der Waals surface area contributed by atoms with E-state index in [2.05, 4.69) is 31.3 Å². The summed E-state index contributed by atoms with van der Waals surface area (Å²) in [5, 5.41) is 23.1. The summed E-state index contributed by atoms with van der Waals surface area (Å²) in [6, 6.07) is -0.627. The molecule has 6 nitrogen and oxygen atoms in total. The van der Waals surface area contributed by atoms with Crippen molar-refractivity contribution in [2.75, 3.05) is 13.2 Å². The van der Waals surface area contributed by atoms with E-state index in [0.717, 1.165) is 38.5 Å². The Morgan fingerprint density at radius 2 is 0.644 bits per heavy atom. The predicted octanol–water partition coefficient (Wildman–Crippen LogP) is 21.0. The molecule has 6 heteroatoms. The number of carbonyl (C=O) groups is 2. The van der Waals surface area contributed by atoms with E-state index in [1.165, 1.54) is 302 Å². The molecule has 0 saturated carbocycles. The number of esters is 1. The van der Waals surface area contributed by atoms with Crippen molar-refractivity contribution >= 4 is 11.9 Å². The van der Waals surface area contributed by atoms with Crippen molar-refractivity contribution < 1.29 is 24.5 Å². The Balaban J connectivity index is 3.38. The molecule has 1 amide bonds. The number of carbonyl (C=O) groups excluding carboxylic acids is 2. The molecule has 0 aliphatic rings. The Kier molecular flexibility index (Phi) is 61.4. The van der Waals surface area contributed by atoms with Crippen LogP contribution >= 0.6 is 0 Å². The molecule has 0 bridgehead atoms. The molecule has 0 radical (unpaired) electrons. The van der Waals surface area contributed by atoms with Crippen LogP contribution in [-0.2, 0) is 14.3 Å². The Hall–Kier alpha value is -1.66. The van der Waals surface area contributed by atoms with Gasteiger partial charge in [-0.3, -0.25) is 9.59 Å². The first-order chi connectivity index (χ1) is 36.0. The SMILES string of the molecule is CCCCCCCCCCCCCC/C=C/C(O)C(CO)NC(=O)CCCCCCCCCCCCCC/C=C\CCCCCCCCCCCCCCOC(=O)CCCCCCCCCCCCCCCC. The van der Waals surface area contributed by atoms with Gasteiger partial charge in [-0.2, -0.15) is 0 Å². The van der Waals surface area contributed by atoms with Crippen LogP contribution in [0, 0.1) is 0 Å². The fourth-order valence-corrected chi connectivity index (χ4v) is 10.4. The summed E-state index contributed by atoms with van der Waals surface area (Å²) in [5.74, 6) is -0.0481. The first kappa shape index (κ1) is 71.3. The lowest BCUT2D eigenvalue weighted by molar-refractivity contribution is -0.143. The third-order valence-corrected chi connectivity index (χ3v) is 15.5. The van der Waals surface area contributed by atoms with Crippen molar-refractivity contribution in [2.45, 2.75) is 379 Å². The second kappa shape index (κ2) is 62.9. The summed E-state index contributed by atoms with van der Waals surface area (Å²) < 4.78 is 5.49. The van der Waals surface area contributed by atoms with Crippen LogP contribution in [0.4, 0.5) is 0 Å². The molecule has 73 heavy (non-hydrogen) atoms. The lowest BCUT2D eigenvalue weighted by atomic mass is 10.0. The maximum Gasteiger partial charge on any atom is 0.305 e. The molecule has 0 rings (SSSR count). The van der Waals surface area contributed by atoms with Crippen LogP contribution in [0.3, 0.4) is 0 Å². The first-order valence-corrected chi connectivity index (χ1v) is 33.1. The fraction of sp³-hybridized carbons (Fsp3) is 0.910. The van der Waals surface area contributed by atoms with E-state index in [0.29, 0.717) is 19.4 Å². The number of nitrogens with one attached hydrogen (secondary N) is 1. The van der Waals surface area contributed by atoms with Gasteiger partial charge in [-0.1, -0.05) is 321 Å². The number of hydrogen-bond acceptors (Lipinski definition) is 5. The molecule has 0 aliphatic carbocycles. The molecule has 0 aromatic carbocycles. The molecule has 0 aromatic heterocycles. The van der Waals surface area contributed by atoms with Crippen LogP contribution in [0.25, 0.3) is 0 Å². The van der Waals surface area contributed by atoms with E-state index in [1.54, 1.807) is 6.08 Å². The van der Waals surface area contributed by atoms with E-state index >= 15 is 0 Å². The van der Waals surface area contributed by atoms with Gasteiger partial charge in [0.05, 0.1) is 25.4 Å². The monoisotopic (exact) mass is 1030 g/mol. The Bertz CT molecular complexity index is 1140. The molecule has 432 valence electrons. The molecule has 2 atom stereocenters. The number of amides is 1. The molecule has 0 spiro atoms. The zero-order valence-corrected chi connectivity index (χ0v) is 49.4. The number of aliphatic hydroxyl groups excluding tert-OH is 2. The van der Waals surface area contributed by atoms with Crippen molar-refractivity contribution in [3.63, 3.8) is 0 Å². The van der Waals surface area contributed by atoms with Gasteiger partial charge in [-0.25, -0.2) is 0 Å². The summed E-state index contributed by atoms with van der Waals surface area (Å²) in [4.78, 5) is 24.5. The highest BCUT2D eigenvalue weighted by molar-refractivity contribution is 5.76. The minimum absolute atomic E-state index is 0.0181. The smallest absolute Gasteiger partial charge is 0.305 e. The largest absolute Gasteiger partial charge is 0.466 e. The fourth-order valence-electron chi connectivity index (χ4n) is 10.4. The molecular weight excluding hydrogens is 899 g/mol. The van der Waals surface area contributed by atoms with E-state index in [9.17, 15) is 19.8 Å². The molecular formula is C67H129NO5. The highest BCUT2D eigenvalue weighted by Crippen LogP contribution is 2.18. The summed E-state index contributed by atoms with van der Waals surface area (Å²) in [6.07, 6.45) is 78.1. The average Bonchev–Trinajstić information content (AvgIpc) is 3.39. The summed E-state index contributed by atoms with van der Waals surface area (Å²) >= 11 is 0. The second-order valence-corrected chi connectivity index (χ2v) is 22.8. The molecule has 2 unspecified atom stereocenters. The number of unbranched alkanes of at least 4 members (excludes halogenated alkanes) is 49. The van der Waals surface area contributed by atoms with Crippen molar-refractivity contribution in [1.29, 1.82) is 0 Å². The highest BCUT2D eigenvalue weighted by atomic mass is 16.5. The van der Waals surface area contributed by atoms with Gasteiger partial charge < -0.3 is 20.3 Å². The van der Waals surface area contributed by atoms with Gasteiger partial charge in [0.2, 0.25) is 5.91 Å². The number of hydrogen-bond donors (Lipinski definition) is 3. The Labute approximate surface area is 456 Å². The van der Waals surface area contributed by atoms with Crippen molar-refractivity contribution in [3.05, 3.63) is 24.3 Å². The van der Waals surface area contributed by atoms with Crippen molar-refractivity contribution in [3.8, 4) is 0 Å². The summed E-state index contributed by atoms with van der Waals surface area (Å²) in [7, 11) is 0. The average molecular weight is 1030 g/mol. The van der Waals surface area contributed by atoms with Gasteiger partial charge in [-0.05, 0) is 57.8 Å². The van der Waals surface area contributed by atoms with E-state index in [-0.39, 0.29) is 18.5 Å². The third-order valence-electron chi connectivity index (χ3n) is 15.5. The quantitative estimate of drug-likeness (QED) is 0.0320. The standard InChI is InChI=1S/C67H129NO5/c1-3-5-7-9-11-13-15-17-35-39-43-47-51-55-59-65(70)64(63-69)68-66(71)60-56-52-48-44-40-36-33-31-29-27-25-23-21-19-20-22-24-26-28-30-32-34-38-42-46-50-54-58-62-73-67(72)61-57-53-49-45-41-37-18-16-14-12-10-8-6-4-2/h19-20,55,59,64-65,69-70H,3-18,21-54,56-58,60-63H2,1-2H3,(H,68,71)/b20-19-,59-55+. The maximum atomic E-state index is 12.5. The summed E-state index contributed by atoms with van der Waals surface area (Å²) in [6.45, 7) is 4.93. The van der Waals surface area contributed by atoms with Crippen LogP contribution in [0.5, 0.6) is 0 Å². The number of rotatable bonds is 62. The van der Waals surface area contributed by atoms with Crippen LogP contribution in [-0.4, -0.2) is 47.4 Å². The van der Waals surface area contributed by atoms with Gasteiger partial charge in [-0.15, -0.1) is 0 Å².